The zero-order chi connectivity index (χ0) is 14.9. The molecule has 1 aliphatic heterocycles. The summed E-state index contributed by atoms with van der Waals surface area (Å²) in [6, 6.07) is 2.65. The van der Waals surface area contributed by atoms with Gasteiger partial charge >= 0.3 is 0 Å². The number of nitrogens with one attached hydrogen (secondary N) is 1. The molecule has 8 heteroatoms. The molecular weight excluding hydrogens is 282 g/mol. The first-order valence-electron chi connectivity index (χ1n) is 6.35. The number of benzene rings is 1. The van der Waals surface area contributed by atoms with E-state index in [1.165, 1.54) is 10.4 Å². The highest BCUT2D eigenvalue weighted by atomic mass is 32.2. The van der Waals surface area contributed by atoms with E-state index in [2.05, 4.69) is 5.32 Å². The third kappa shape index (κ3) is 2.48. The van der Waals surface area contributed by atoms with E-state index in [0.717, 1.165) is 18.9 Å². The molecule has 7 nitrogen and oxygen atoms in total. The third-order valence-corrected chi connectivity index (χ3v) is 5.48. The van der Waals surface area contributed by atoms with Gasteiger partial charge in [-0.2, -0.15) is 4.31 Å². The Hall–Kier alpha value is -1.67. The summed E-state index contributed by atoms with van der Waals surface area (Å²) in [5.41, 5.74) is 0.593. The van der Waals surface area contributed by atoms with E-state index >= 15 is 0 Å². The monoisotopic (exact) mass is 299 g/mol. The predicted octanol–water partition coefficient (Wildman–Crippen LogP) is 1.73. The summed E-state index contributed by atoms with van der Waals surface area (Å²) in [4.78, 5) is 10.5. The molecule has 1 saturated heterocycles. The number of nitro groups is 1. The van der Waals surface area contributed by atoms with Crippen LogP contribution >= 0.6 is 0 Å². The van der Waals surface area contributed by atoms with Gasteiger partial charge in [-0.15, -0.1) is 0 Å². The average molecular weight is 299 g/mol. The van der Waals surface area contributed by atoms with Gasteiger partial charge in [-0.25, -0.2) is 8.42 Å². The van der Waals surface area contributed by atoms with Crippen molar-refractivity contribution in [3.8, 4) is 0 Å². The first-order valence-corrected chi connectivity index (χ1v) is 7.79. The molecule has 1 aliphatic rings. The molecular formula is C12H17N3O4S. The van der Waals surface area contributed by atoms with Crippen LogP contribution in [0.2, 0.25) is 0 Å². The maximum absolute atomic E-state index is 12.5. The van der Waals surface area contributed by atoms with Crippen LogP contribution in [-0.4, -0.2) is 37.8 Å². The van der Waals surface area contributed by atoms with Crippen LogP contribution in [0.3, 0.4) is 0 Å². The van der Waals surface area contributed by atoms with Crippen molar-refractivity contribution >= 4 is 21.4 Å². The minimum absolute atomic E-state index is 0.0186. The largest absolute Gasteiger partial charge is 0.383 e. The summed E-state index contributed by atoms with van der Waals surface area (Å²) >= 11 is 0. The molecule has 1 aromatic rings. The minimum Gasteiger partial charge on any atom is -0.383 e. The Balaban J connectivity index is 2.56. The Kier molecular flexibility index (Phi) is 3.96. The normalized spacial score (nSPS) is 16.3. The Morgan fingerprint density at radius 3 is 2.40 bits per heavy atom. The second-order valence-electron chi connectivity index (χ2n) is 4.75. The van der Waals surface area contributed by atoms with Gasteiger partial charge < -0.3 is 5.32 Å². The molecule has 20 heavy (non-hydrogen) atoms. The second kappa shape index (κ2) is 5.37. The summed E-state index contributed by atoms with van der Waals surface area (Å²) in [5.74, 6) is 0. The highest BCUT2D eigenvalue weighted by Gasteiger charge is 2.31. The fraction of sp³-hybridized carbons (Fsp3) is 0.500. The standard InChI is InChI=1S/C12H17N3O4S/c1-9-7-10(13-2)11(15(16)17)8-12(9)20(18,19)14-5-3-4-6-14/h7-8,13H,3-6H2,1-2H3. The van der Waals surface area contributed by atoms with Crippen molar-refractivity contribution in [2.45, 2.75) is 24.7 Å². The van der Waals surface area contributed by atoms with Gasteiger partial charge in [0.15, 0.2) is 0 Å². The Labute approximate surface area is 117 Å². The van der Waals surface area contributed by atoms with Gasteiger partial charge in [0, 0.05) is 26.2 Å². The van der Waals surface area contributed by atoms with Crippen LogP contribution in [0.1, 0.15) is 18.4 Å². The number of hydrogen-bond acceptors (Lipinski definition) is 5. The first kappa shape index (κ1) is 14.7. The molecule has 1 heterocycles. The molecule has 2 rings (SSSR count). The second-order valence-corrected chi connectivity index (χ2v) is 6.66. The van der Waals surface area contributed by atoms with Crippen LogP contribution < -0.4 is 5.32 Å². The van der Waals surface area contributed by atoms with Gasteiger partial charge in [0.25, 0.3) is 5.69 Å². The van der Waals surface area contributed by atoms with Gasteiger partial charge in [-0.1, -0.05) is 0 Å². The number of rotatable bonds is 4. The molecule has 1 fully saturated rings. The predicted molar refractivity (Wildman–Crippen MR) is 75.4 cm³/mol. The fourth-order valence-corrected chi connectivity index (χ4v) is 4.12. The van der Waals surface area contributed by atoms with Gasteiger partial charge in [0.2, 0.25) is 10.0 Å². The molecule has 0 amide bonds. The van der Waals surface area contributed by atoms with Crippen LogP contribution in [-0.2, 0) is 10.0 Å². The summed E-state index contributed by atoms with van der Waals surface area (Å²) in [6.07, 6.45) is 1.66. The number of aryl methyl sites for hydroxylation is 1. The van der Waals surface area contributed by atoms with Crippen molar-refractivity contribution in [2.75, 3.05) is 25.5 Å². The minimum atomic E-state index is -3.65. The van der Waals surface area contributed by atoms with Crippen LogP contribution in [0.15, 0.2) is 17.0 Å². The average Bonchev–Trinajstić information content (AvgIpc) is 2.92. The highest BCUT2D eigenvalue weighted by molar-refractivity contribution is 7.89. The highest BCUT2D eigenvalue weighted by Crippen LogP contribution is 2.32. The number of nitro benzene ring substituents is 1. The van der Waals surface area contributed by atoms with Crippen LogP contribution in [0, 0.1) is 17.0 Å². The molecule has 0 radical (unpaired) electrons. The zero-order valence-corrected chi connectivity index (χ0v) is 12.2. The summed E-state index contributed by atoms with van der Waals surface area (Å²) in [7, 11) is -2.08. The van der Waals surface area contributed by atoms with Gasteiger partial charge in [0.05, 0.1) is 9.82 Å². The third-order valence-electron chi connectivity index (χ3n) is 3.44. The van der Waals surface area contributed by atoms with Crippen molar-refractivity contribution in [1.82, 2.24) is 4.31 Å². The van der Waals surface area contributed by atoms with E-state index in [1.54, 1.807) is 14.0 Å². The van der Waals surface area contributed by atoms with Gasteiger partial charge in [-0.05, 0) is 31.4 Å². The molecule has 1 N–H and O–H groups in total. The van der Waals surface area contributed by atoms with Crippen molar-refractivity contribution in [3.63, 3.8) is 0 Å². The van der Waals surface area contributed by atoms with Crippen LogP contribution in [0.5, 0.6) is 0 Å². The van der Waals surface area contributed by atoms with Gasteiger partial charge in [0.1, 0.15) is 5.69 Å². The maximum atomic E-state index is 12.5. The zero-order valence-electron chi connectivity index (χ0n) is 11.4. The van der Waals surface area contributed by atoms with Crippen LogP contribution in [0.4, 0.5) is 11.4 Å². The smallest absolute Gasteiger partial charge is 0.293 e. The molecule has 0 spiro atoms. The lowest BCUT2D eigenvalue weighted by Crippen LogP contribution is -2.28. The SMILES string of the molecule is CNc1cc(C)c(S(=O)(=O)N2CCCC2)cc1[N+](=O)[O-]. The lowest BCUT2D eigenvalue weighted by Gasteiger charge is -2.17. The van der Waals surface area contributed by atoms with Gasteiger partial charge in [-0.3, -0.25) is 10.1 Å². The van der Waals surface area contributed by atoms with Crippen LogP contribution in [0.25, 0.3) is 0 Å². The molecule has 0 aromatic heterocycles. The number of nitrogens with zero attached hydrogens (tertiary/aromatic N) is 2. The van der Waals surface area contributed by atoms with E-state index in [-0.39, 0.29) is 10.6 Å². The molecule has 0 bridgehead atoms. The lowest BCUT2D eigenvalue weighted by atomic mass is 10.2. The topological polar surface area (TPSA) is 92.6 Å². The molecule has 0 aliphatic carbocycles. The van der Waals surface area contributed by atoms with E-state index < -0.39 is 14.9 Å². The van der Waals surface area contributed by atoms with E-state index in [1.807, 2.05) is 0 Å². The molecule has 110 valence electrons. The van der Waals surface area contributed by atoms with Crippen molar-refractivity contribution in [2.24, 2.45) is 0 Å². The Morgan fingerprint density at radius 1 is 1.30 bits per heavy atom. The lowest BCUT2D eigenvalue weighted by molar-refractivity contribution is -0.384. The summed E-state index contributed by atoms with van der Waals surface area (Å²) < 4.78 is 26.4. The van der Waals surface area contributed by atoms with E-state index in [9.17, 15) is 18.5 Å². The number of anilines is 1. The van der Waals surface area contributed by atoms with E-state index in [0.29, 0.717) is 24.3 Å². The molecule has 0 unspecified atom stereocenters. The number of hydrogen-bond donors (Lipinski definition) is 1. The summed E-state index contributed by atoms with van der Waals surface area (Å²) in [6.45, 7) is 2.60. The Morgan fingerprint density at radius 2 is 1.90 bits per heavy atom. The molecule has 0 saturated carbocycles. The first-order chi connectivity index (χ1) is 9.37. The fourth-order valence-electron chi connectivity index (χ4n) is 2.37. The van der Waals surface area contributed by atoms with Crippen molar-refractivity contribution in [3.05, 3.63) is 27.8 Å². The number of sulfonamides is 1. The Bertz CT molecular complexity index is 636. The molecule has 1 aromatic carbocycles. The summed E-state index contributed by atoms with van der Waals surface area (Å²) in [5, 5.41) is 13.8. The van der Waals surface area contributed by atoms with Crippen molar-refractivity contribution < 1.29 is 13.3 Å². The van der Waals surface area contributed by atoms with E-state index in [4.69, 9.17) is 0 Å². The van der Waals surface area contributed by atoms with Crippen molar-refractivity contribution in [1.29, 1.82) is 0 Å². The quantitative estimate of drug-likeness (QED) is 0.675. The maximum Gasteiger partial charge on any atom is 0.293 e. The molecule has 0 atom stereocenters.